The Labute approximate surface area is 137 Å². The molecule has 0 radical (unpaired) electrons. The highest BCUT2D eigenvalue weighted by atomic mass is 16.5. The second kappa shape index (κ2) is 6.97. The first-order valence-corrected chi connectivity index (χ1v) is 7.73. The zero-order chi connectivity index (χ0) is 16.1. The third kappa shape index (κ3) is 3.19. The van der Waals surface area contributed by atoms with E-state index in [2.05, 4.69) is 79.4 Å². The van der Waals surface area contributed by atoms with Crippen molar-refractivity contribution < 1.29 is 4.74 Å². The molecule has 23 heavy (non-hydrogen) atoms. The molecule has 0 bridgehead atoms. The van der Waals surface area contributed by atoms with Gasteiger partial charge in [-0.15, -0.1) is 0 Å². The molecule has 3 aromatic carbocycles. The van der Waals surface area contributed by atoms with Crippen LogP contribution in [0.5, 0.6) is 5.75 Å². The quantitative estimate of drug-likeness (QED) is 0.564. The van der Waals surface area contributed by atoms with E-state index in [9.17, 15) is 0 Å². The molecule has 3 aromatic rings. The van der Waals surface area contributed by atoms with Gasteiger partial charge in [0, 0.05) is 11.5 Å². The van der Waals surface area contributed by atoms with Crippen LogP contribution in [0, 0.1) is 0 Å². The summed E-state index contributed by atoms with van der Waals surface area (Å²) in [4.78, 5) is 0. The summed E-state index contributed by atoms with van der Waals surface area (Å²) in [7, 11) is 1.69. The Morgan fingerprint density at radius 1 is 0.783 bits per heavy atom. The molecule has 0 atom stereocenters. The molecule has 0 heterocycles. The Hall–Kier alpha value is -2.80. The van der Waals surface area contributed by atoms with Gasteiger partial charge in [0.25, 0.3) is 0 Å². The molecule has 0 aliphatic carbocycles. The lowest BCUT2D eigenvalue weighted by atomic mass is 9.84. The number of rotatable bonds is 5. The summed E-state index contributed by atoms with van der Waals surface area (Å²) in [6.45, 7) is 3.91. The van der Waals surface area contributed by atoms with Crippen LogP contribution in [-0.2, 0) is 0 Å². The second-order valence-electron chi connectivity index (χ2n) is 5.46. The first-order valence-electron chi connectivity index (χ1n) is 7.73. The number of ether oxygens (including phenoxy) is 1. The molecule has 0 aromatic heterocycles. The Morgan fingerprint density at radius 3 is 1.83 bits per heavy atom. The van der Waals surface area contributed by atoms with Crippen LogP contribution < -0.4 is 4.74 Å². The number of hydrogen-bond donors (Lipinski definition) is 0. The van der Waals surface area contributed by atoms with Gasteiger partial charge >= 0.3 is 0 Å². The summed E-state index contributed by atoms with van der Waals surface area (Å²) < 4.78 is 5.41. The summed E-state index contributed by atoms with van der Waals surface area (Å²) in [5, 5.41) is 0. The zero-order valence-electron chi connectivity index (χ0n) is 13.3. The standard InChI is InChI=1S/C22H20O/c1-3-17-16-20(14-15-21(17)23-2)22(18-10-6-4-7-11-18)19-12-8-5-9-13-19/h3-16,22H,1H2,2H3. The molecule has 0 saturated carbocycles. The molecular weight excluding hydrogens is 280 g/mol. The van der Waals surface area contributed by atoms with E-state index in [1.165, 1.54) is 16.7 Å². The fraction of sp³-hybridized carbons (Fsp3) is 0.0909. The summed E-state index contributed by atoms with van der Waals surface area (Å²) in [6, 6.07) is 27.5. The summed E-state index contributed by atoms with van der Waals surface area (Å²) in [5.74, 6) is 1.05. The Kier molecular flexibility index (Phi) is 4.58. The van der Waals surface area contributed by atoms with E-state index in [-0.39, 0.29) is 5.92 Å². The number of hydrogen-bond acceptors (Lipinski definition) is 1. The molecule has 114 valence electrons. The first-order chi connectivity index (χ1) is 11.3. The van der Waals surface area contributed by atoms with E-state index in [1.54, 1.807) is 7.11 Å². The van der Waals surface area contributed by atoms with Crippen LogP contribution in [0.1, 0.15) is 28.2 Å². The van der Waals surface area contributed by atoms with E-state index < -0.39 is 0 Å². The number of benzene rings is 3. The summed E-state index contributed by atoms with van der Waals surface area (Å²) >= 11 is 0. The maximum absolute atomic E-state index is 5.41. The SMILES string of the molecule is C=Cc1cc(C(c2ccccc2)c2ccccc2)ccc1OC. The van der Waals surface area contributed by atoms with E-state index in [1.807, 2.05) is 12.1 Å². The van der Waals surface area contributed by atoms with Crippen molar-refractivity contribution in [3.05, 3.63) is 108 Å². The maximum Gasteiger partial charge on any atom is 0.126 e. The minimum absolute atomic E-state index is 0.196. The topological polar surface area (TPSA) is 9.23 Å². The van der Waals surface area contributed by atoms with Gasteiger partial charge in [-0.3, -0.25) is 0 Å². The van der Waals surface area contributed by atoms with Crippen molar-refractivity contribution in [3.63, 3.8) is 0 Å². The van der Waals surface area contributed by atoms with Crippen LogP contribution in [-0.4, -0.2) is 7.11 Å². The van der Waals surface area contributed by atoms with Crippen molar-refractivity contribution in [3.8, 4) is 5.75 Å². The molecular formula is C22H20O. The molecule has 0 unspecified atom stereocenters. The lowest BCUT2D eigenvalue weighted by Crippen LogP contribution is -2.04. The maximum atomic E-state index is 5.41. The van der Waals surface area contributed by atoms with Crippen molar-refractivity contribution in [2.75, 3.05) is 7.11 Å². The van der Waals surface area contributed by atoms with Crippen LogP contribution in [0.15, 0.2) is 85.4 Å². The van der Waals surface area contributed by atoms with Gasteiger partial charge in [-0.1, -0.05) is 79.4 Å². The Morgan fingerprint density at radius 2 is 1.35 bits per heavy atom. The van der Waals surface area contributed by atoms with Gasteiger partial charge in [-0.25, -0.2) is 0 Å². The van der Waals surface area contributed by atoms with Crippen molar-refractivity contribution >= 4 is 6.08 Å². The van der Waals surface area contributed by atoms with E-state index >= 15 is 0 Å². The minimum atomic E-state index is 0.196. The Balaban J connectivity index is 2.15. The van der Waals surface area contributed by atoms with Crippen molar-refractivity contribution in [1.82, 2.24) is 0 Å². The van der Waals surface area contributed by atoms with Gasteiger partial charge in [0.1, 0.15) is 5.75 Å². The van der Waals surface area contributed by atoms with Crippen molar-refractivity contribution in [2.24, 2.45) is 0 Å². The predicted molar refractivity (Wildman–Crippen MR) is 96.9 cm³/mol. The average molecular weight is 300 g/mol. The molecule has 0 aliphatic rings. The average Bonchev–Trinajstić information content (AvgIpc) is 2.63. The van der Waals surface area contributed by atoms with Gasteiger partial charge in [-0.05, 0) is 28.8 Å². The second-order valence-corrected chi connectivity index (χ2v) is 5.46. The molecule has 0 fully saturated rings. The molecule has 3 rings (SSSR count). The molecule has 1 nitrogen and oxygen atoms in total. The third-order valence-electron chi connectivity index (χ3n) is 4.07. The van der Waals surface area contributed by atoms with Gasteiger partial charge < -0.3 is 4.74 Å². The van der Waals surface area contributed by atoms with Gasteiger partial charge in [0.2, 0.25) is 0 Å². The van der Waals surface area contributed by atoms with Crippen molar-refractivity contribution in [1.29, 1.82) is 0 Å². The minimum Gasteiger partial charge on any atom is -0.496 e. The third-order valence-corrected chi connectivity index (χ3v) is 4.07. The fourth-order valence-corrected chi connectivity index (χ4v) is 2.96. The highest BCUT2D eigenvalue weighted by Crippen LogP contribution is 2.34. The summed E-state index contributed by atoms with van der Waals surface area (Å²) in [5.41, 5.74) is 4.80. The molecule has 1 heteroatoms. The van der Waals surface area contributed by atoms with Gasteiger partial charge in [0.05, 0.1) is 7.11 Å². The lowest BCUT2D eigenvalue weighted by molar-refractivity contribution is 0.413. The normalized spacial score (nSPS) is 10.5. The lowest BCUT2D eigenvalue weighted by Gasteiger charge is -2.20. The van der Waals surface area contributed by atoms with Gasteiger partial charge in [-0.2, -0.15) is 0 Å². The number of methoxy groups -OCH3 is 1. The Bertz CT molecular complexity index is 736. The highest BCUT2D eigenvalue weighted by Gasteiger charge is 2.17. The fourth-order valence-electron chi connectivity index (χ4n) is 2.96. The smallest absolute Gasteiger partial charge is 0.126 e. The van der Waals surface area contributed by atoms with Crippen LogP contribution in [0.3, 0.4) is 0 Å². The molecule has 0 aliphatic heterocycles. The molecule has 0 amide bonds. The van der Waals surface area contributed by atoms with Crippen LogP contribution >= 0.6 is 0 Å². The first kappa shape index (κ1) is 15.1. The van der Waals surface area contributed by atoms with E-state index in [0.29, 0.717) is 0 Å². The van der Waals surface area contributed by atoms with Crippen molar-refractivity contribution in [2.45, 2.75) is 5.92 Å². The summed E-state index contributed by atoms with van der Waals surface area (Å²) in [6.07, 6.45) is 1.84. The van der Waals surface area contributed by atoms with E-state index in [4.69, 9.17) is 4.74 Å². The van der Waals surface area contributed by atoms with Crippen LogP contribution in [0.2, 0.25) is 0 Å². The monoisotopic (exact) mass is 300 g/mol. The molecule has 0 saturated heterocycles. The largest absolute Gasteiger partial charge is 0.496 e. The predicted octanol–water partition coefficient (Wildman–Crippen LogP) is 5.52. The molecule has 0 N–H and O–H groups in total. The van der Waals surface area contributed by atoms with Crippen LogP contribution in [0.4, 0.5) is 0 Å². The molecule has 0 spiro atoms. The zero-order valence-corrected chi connectivity index (χ0v) is 13.3. The van der Waals surface area contributed by atoms with Gasteiger partial charge in [0.15, 0.2) is 0 Å². The van der Waals surface area contributed by atoms with E-state index in [0.717, 1.165) is 11.3 Å². The van der Waals surface area contributed by atoms with Crippen LogP contribution in [0.25, 0.3) is 6.08 Å². The highest BCUT2D eigenvalue weighted by molar-refractivity contribution is 5.59.